The van der Waals surface area contributed by atoms with Crippen LogP contribution in [-0.2, 0) is 14.8 Å². The first-order valence-electron chi connectivity index (χ1n) is 8.08. The Morgan fingerprint density at radius 2 is 1.88 bits per heavy atom. The predicted molar refractivity (Wildman–Crippen MR) is 100 cm³/mol. The lowest BCUT2D eigenvalue weighted by atomic mass is 10.0. The van der Waals surface area contributed by atoms with Gasteiger partial charge in [0.2, 0.25) is 15.9 Å². The molecule has 0 bridgehead atoms. The third kappa shape index (κ3) is 3.70. The Kier molecular flexibility index (Phi) is 5.22. The Labute approximate surface area is 157 Å². The standard InChI is InChI=1S/C18H19ClN2O4S/c1-12-16-11-15(7-8-17(16)20-18(12)22)26(23,24)21(2)9-10-25-14-5-3-13(19)4-6-14/h3-8,11-12H,9-10H2,1-2H3,(H,20,22)/t12-/m1/s1. The molecule has 1 atom stereocenters. The number of nitrogens with one attached hydrogen (secondary N) is 1. The van der Waals surface area contributed by atoms with Gasteiger partial charge in [-0.15, -0.1) is 0 Å². The van der Waals surface area contributed by atoms with Crippen molar-refractivity contribution in [2.45, 2.75) is 17.7 Å². The van der Waals surface area contributed by atoms with Crippen molar-refractivity contribution in [2.75, 3.05) is 25.5 Å². The second-order valence-corrected chi connectivity index (χ2v) is 8.57. The molecule has 2 aromatic carbocycles. The minimum Gasteiger partial charge on any atom is -0.492 e. The third-order valence-electron chi connectivity index (χ3n) is 4.34. The number of hydrogen-bond acceptors (Lipinski definition) is 4. The minimum absolute atomic E-state index is 0.126. The van der Waals surface area contributed by atoms with Crippen molar-refractivity contribution < 1.29 is 17.9 Å². The van der Waals surface area contributed by atoms with Crippen LogP contribution in [0.3, 0.4) is 0 Å². The van der Waals surface area contributed by atoms with Crippen molar-refractivity contribution in [2.24, 2.45) is 0 Å². The van der Waals surface area contributed by atoms with Crippen molar-refractivity contribution in [3.05, 3.63) is 53.1 Å². The maximum absolute atomic E-state index is 12.8. The molecule has 0 fully saturated rings. The number of hydrogen-bond donors (Lipinski definition) is 1. The molecule has 3 rings (SSSR count). The average Bonchev–Trinajstić information content (AvgIpc) is 2.90. The van der Waals surface area contributed by atoms with E-state index in [4.69, 9.17) is 16.3 Å². The van der Waals surface area contributed by atoms with Gasteiger partial charge in [-0.25, -0.2) is 8.42 Å². The molecule has 0 unspecified atom stereocenters. The number of benzene rings is 2. The van der Waals surface area contributed by atoms with Crippen LogP contribution in [0.5, 0.6) is 5.75 Å². The summed E-state index contributed by atoms with van der Waals surface area (Å²) >= 11 is 5.81. The van der Waals surface area contributed by atoms with Crippen LogP contribution in [0.2, 0.25) is 5.02 Å². The molecular formula is C18H19ClN2O4S. The first kappa shape index (κ1) is 18.7. The van der Waals surface area contributed by atoms with Crippen LogP contribution in [0, 0.1) is 0 Å². The quantitative estimate of drug-likeness (QED) is 0.816. The number of carbonyl (C=O) groups excluding carboxylic acids is 1. The summed E-state index contributed by atoms with van der Waals surface area (Å²) in [4.78, 5) is 11.9. The lowest BCUT2D eigenvalue weighted by Crippen LogP contribution is -2.31. The minimum atomic E-state index is -3.67. The number of anilines is 1. The van der Waals surface area contributed by atoms with Crippen molar-refractivity contribution in [1.82, 2.24) is 4.31 Å². The van der Waals surface area contributed by atoms with Gasteiger partial charge in [0, 0.05) is 24.3 Å². The Balaban J connectivity index is 1.68. The molecule has 1 amide bonds. The van der Waals surface area contributed by atoms with E-state index in [1.165, 1.54) is 17.4 Å². The van der Waals surface area contributed by atoms with Crippen LogP contribution >= 0.6 is 11.6 Å². The van der Waals surface area contributed by atoms with Gasteiger partial charge in [-0.1, -0.05) is 11.6 Å². The first-order chi connectivity index (χ1) is 12.3. The topological polar surface area (TPSA) is 75.7 Å². The van der Waals surface area contributed by atoms with E-state index in [9.17, 15) is 13.2 Å². The van der Waals surface area contributed by atoms with E-state index in [1.54, 1.807) is 43.3 Å². The molecule has 1 heterocycles. The van der Waals surface area contributed by atoms with Gasteiger partial charge in [-0.3, -0.25) is 4.79 Å². The molecular weight excluding hydrogens is 376 g/mol. The number of nitrogens with zero attached hydrogens (tertiary/aromatic N) is 1. The monoisotopic (exact) mass is 394 g/mol. The molecule has 0 saturated heterocycles. The van der Waals surface area contributed by atoms with Crippen molar-refractivity contribution in [3.63, 3.8) is 0 Å². The van der Waals surface area contributed by atoms with Gasteiger partial charge in [-0.2, -0.15) is 4.31 Å². The zero-order valence-electron chi connectivity index (χ0n) is 14.4. The maximum atomic E-state index is 12.8. The highest BCUT2D eigenvalue weighted by Crippen LogP contribution is 2.34. The highest BCUT2D eigenvalue weighted by Gasteiger charge is 2.29. The van der Waals surface area contributed by atoms with Gasteiger partial charge >= 0.3 is 0 Å². The smallest absolute Gasteiger partial charge is 0.242 e. The summed E-state index contributed by atoms with van der Waals surface area (Å²) in [5, 5.41) is 3.34. The molecule has 26 heavy (non-hydrogen) atoms. The molecule has 138 valence electrons. The highest BCUT2D eigenvalue weighted by atomic mass is 35.5. The first-order valence-corrected chi connectivity index (χ1v) is 9.90. The molecule has 0 radical (unpaired) electrons. The molecule has 0 saturated carbocycles. The Bertz CT molecular complexity index is 929. The molecule has 1 N–H and O–H groups in total. The fraction of sp³-hybridized carbons (Fsp3) is 0.278. The number of ether oxygens (including phenoxy) is 1. The van der Waals surface area contributed by atoms with Crippen LogP contribution in [-0.4, -0.2) is 38.8 Å². The Hall–Kier alpha value is -2.09. The average molecular weight is 395 g/mol. The summed E-state index contributed by atoms with van der Waals surface area (Å²) in [5.74, 6) is 0.133. The van der Waals surface area contributed by atoms with E-state index in [0.717, 1.165) is 0 Å². The summed E-state index contributed by atoms with van der Waals surface area (Å²) in [6.45, 7) is 2.15. The van der Waals surface area contributed by atoms with Gasteiger partial charge < -0.3 is 10.1 Å². The fourth-order valence-corrected chi connectivity index (χ4v) is 4.00. The third-order valence-corrected chi connectivity index (χ3v) is 6.44. The zero-order valence-corrected chi connectivity index (χ0v) is 16.0. The molecule has 1 aliphatic heterocycles. The lowest BCUT2D eigenvalue weighted by molar-refractivity contribution is -0.116. The number of carbonyl (C=O) groups is 1. The molecule has 1 aliphatic rings. The van der Waals surface area contributed by atoms with Gasteiger partial charge in [0.25, 0.3) is 0 Å². The van der Waals surface area contributed by atoms with Crippen LogP contribution in [0.1, 0.15) is 18.4 Å². The van der Waals surface area contributed by atoms with E-state index >= 15 is 0 Å². The number of sulfonamides is 1. The van der Waals surface area contributed by atoms with Crippen LogP contribution < -0.4 is 10.1 Å². The summed E-state index contributed by atoms with van der Waals surface area (Å²) in [6.07, 6.45) is 0. The normalized spacial score (nSPS) is 16.5. The fourth-order valence-electron chi connectivity index (χ4n) is 2.68. The summed E-state index contributed by atoms with van der Waals surface area (Å²) in [5.41, 5.74) is 1.36. The summed E-state index contributed by atoms with van der Waals surface area (Å²) < 4.78 is 32.3. The molecule has 2 aromatic rings. The van der Waals surface area contributed by atoms with Gasteiger partial charge in [0.1, 0.15) is 12.4 Å². The Morgan fingerprint density at radius 1 is 1.19 bits per heavy atom. The molecule has 0 aliphatic carbocycles. The van der Waals surface area contributed by atoms with E-state index in [1.807, 2.05) is 0 Å². The van der Waals surface area contributed by atoms with Gasteiger partial charge in [0.15, 0.2) is 0 Å². The van der Waals surface area contributed by atoms with Crippen LogP contribution in [0.15, 0.2) is 47.4 Å². The molecule has 0 aromatic heterocycles. The predicted octanol–water partition coefficient (Wildman–Crippen LogP) is 3.10. The number of rotatable bonds is 6. The van der Waals surface area contributed by atoms with Crippen LogP contribution in [0.4, 0.5) is 5.69 Å². The largest absolute Gasteiger partial charge is 0.492 e. The number of amides is 1. The van der Waals surface area contributed by atoms with Gasteiger partial charge in [-0.05, 0) is 55.0 Å². The molecule has 6 nitrogen and oxygen atoms in total. The maximum Gasteiger partial charge on any atom is 0.242 e. The van der Waals surface area contributed by atoms with Gasteiger partial charge in [0.05, 0.1) is 10.8 Å². The molecule has 8 heteroatoms. The van der Waals surface area contributed by atoms with Crippen molar-refractivity contribution in [3.8, 4) is 5.75 Å². The van der Waals surface area contributed by atoms with Crippen molar-refractivity contribution >= 4 is 33.2 Å². The van der Waals surface area contributed by atoms with E-state index in [-0.39, 0.29) is 29.9 Å². The SMILES string of the molecule is C[C@H]1C(=O)Nc2ccc(S(=O)(=O)N(C)CCOc3ccc(Cl)cc3)cc21. The van der Waals surface area contributed by atoms with Crippen LogP contribution in [0.25, 0.3) is 0 Å². The highest BCUT2D eigenvalue weighted by molar-refractivity contribution is 7.89. The Morgan fingerprint density at radius 3 is 2.58 bits per heavy atom. The second-order valence-electron chi connectivity index (χ2n) is 6.09. The van der Waals surface area contributed by atoms with E-state index in [2.05, 4.69) is 5.32 Å². The number of halogens is 1. The molecule has 0 spiro atoms. The number of likely N-dealkylation sites (N-methyl/N-ethyl adjacent to an activating group) is 1. The van der Waals surface area contributed by atoms with Crippen molar-refractivity contribution in [1.29, 1.82) is 0 Å². The second kappa shape index (κ2) is 7.26. The van der Waals surface area contributed by atoms with E-state index in [0.29, 0.717) is 22.0 Å². The summed E-state index contributed by atoms with van der Waals surface area (Å²) in [7, 11) is -2.17. The lowest BCUT2D eigenvalue weighted by Gasteiger charge is -2.18. The summed E-state index contributed by atoms with van der Waals surface area (Å²) in [6, 6.07) is 11.6. The van der Waals surface area contributed by atoms with E-state index < -0.39 is 10.0 Å². The number of fused-ring (bicyclic) bond motifs is 1. The zero-order chi connectivity index (χ0) is 18.9.